The summed E-state index contributed by atoms with van der Waals surface area (Å²) >= 11 is 0. The molecule has 2 aromatic rings. The number of likely N-dealkylation sites (N-methyl/N-ethyl adjacent to an activating group) is 1. The minimum absolute atomic E-state index is 0.670. The van der Waals surface area contributed by atoms with Crippen molar-refractivity contribution in [1.29, 1.82) is 0 Å². The molecule has 0 saturated carbocycles. The van der Waals surface area contributed by atoms with Crippen LogP contribution in [-0.2, 0) is 6.54 Å². The van der Waals surface area contributed by atoms with Crippen LogP contribution < -0.4 is 9.80 Å². The van der Waals surface area contributed by atoms with Crippen LogP contribution in [0.25, 0.3) is 0 Å². The Morgan fingerprint density at radius 2 is 1.83 bits per heavy atom. The second-order valence-electron chi connectivity index (χ2n) is 7.51. The molecule has 1 fully saturated rings. The molecule has 0 amide bonds. The van der Waals surface area contributed by atoms with Crippen LogP contribution >= 0.6 is 0 Å². The van der Waals surface area contributed by atoms with Crippen LogP contribution in [0.5, 0.6) is 0 Å². The van der Waals surface area contributed by atoms with Gasteiger partial charge in [-0.3, -0.25) is 4.90 Å². The van der Waals surface area contributed by atoms with Crippen molar-refractivity contribution < 1.29 is 0 Å². The van der Waals surface area contributed by atoms with Crippen molar-refractivity contribution in [3.05, 3.63) is 59.7 Å². The first-order chi connectivity index (χ1) is 11.8. The Morgan fingerprint density at radius 1 is 0.958 bits per heavy atom. The molecule has 3 heteroatoms. The molecular weight excluding hydrogens is 294 g/mol. The number of piperidine rings is 1. The lowest BCUT2D eigenvalue weighted by atomic mass is 9.89. The number of likely N-dealkylation sites (tertiary alicyclic amines) is 1. The first-order valence-corrected chi connectivity index (χ1v) is 9.18. The fourth-order valence-electron chi connectivity index (χ4n) is 4.96. The van der Waals surface area contributed by atoms with E-state index in [1.54, 1.807) is 5.56 Å². The van der Waals surface area contributed by atoms with Crippen molar-refractivity contribution in [3.8, 4) is 0 Å². The molecule has 0 aromatic heterocycles. The van der Waals surface area contributed by atoms with Gasteiger partial charge in [-0.2, -0.15) is 0 Å². The summed E-state index contributed by atoms with van der Waals surface area (Å²) in [6, 6.07) is 18.6. The highest BCUT2D eigenvalue weighted by molar-refractivity contribution is 5.80. The second-order valence-corrected chi connectivity index (χ2v) is 7.51. The summed E-state index contributed by atoms with van der Waals surface area (Å²) < 4.78 is 0. The Hall–Kier alpha value is -2.00. The Kier molecular flexibility index (Phi) is 3.30. The average Bonchev–Trinajstić information content (AvgIpc) is 2.94. The minimum atomic E-state index is 0.670. The molecule has 0 N–H and O–H groups in total. The van der Waals surface area contributed by atoms with Crippen LogP contribution in [0.1, 0.15) is 23.5 Å². The van der Waals surface area contributed by atoms with E-state index >= 15 is 0 Å². The zero-order chi connectivity index (χ0) is 16.1. The molecule has 3 nitrogen and oxygen atoms in total. The number of rotatable bonds is 2. The second kappa shape index (κ2) is 5.52. The summed E-state index contributed by atoms with van der Waals surface area (Å²) in [7, 11) is 2.23. The van der Waals surface area contributed by atoms with Gasteiger partial charge in [-0.05, 0) is 23.6 Å². The Morgan fingerprint density at radius 3 is 2.71 bits per heavy atom. The number of benzene rings is 2. The van der Waals surface area contributed by atoms with Crippen LogP contribution in [0.2, 0.25) is 0 Å². The normalized spacial score (nSPS) is 25.5. The van der Waals surface area contributed by atoms with E-state index in [4.69, 9.17) is 0 Å². The summed E-state index contributed by atoms with van der Waals surface area (Å²) in [5.74, 6) is 0.670. The molecule has 0 aliphatic carbocycles. The Balaban J connectivity index is 1.44. The van der Waals surface area contributed by atoms with Crippen molar-refractivity contribution in [2.45, 2.75) is 24.9 Å². The number of nitrogens with zero attached hydrogens (tertiary/aromatic N) is 3. The fraction of sp³-hybridized carbons (Fsp3) is 0.429. The number of hydrogen-bond acceptors (Lipinski definition) is 3. The SMILES string of the molecule is CN1CCN2c3c(cccc31)[C@@H]1CN(Cc3ccccc3)CC[C@@H]12. The lowest BCUT2D eigenvalue weighted by Gasteiger charge is -2.41. The predicted octanol–water partition coefficient (Wildman–Crippen LogP) is 3.31. The van der Waals surface area contributed by atoms with Crippen molar-refractivity contribution >= 4 is 11.4 Å². The summed E-state index contributed by atoms with van der Waals surface area (Å²) in [4.78, 5) is 7.79. The number of para-hydroxylation sites is 1. The van der Waals surface area contributed by atoms with E-state index in [9.17, 15) is 0 Å². The maximum absolute atomic E-state index is 2.72. The van der Waals surface area contributed by atoms with Crippen molar-refractivity contribution in [3.63, 3.8) is 0 Å². The third-order valence-electron chi connectivity index (χ3n) is 6.13. The smallest absolute Gasteiger partial charge is 0.0644 e. The molecule has 2 aromatic carbocycles. The zero-order valence-corrected chi connectivity index (χ0v) is 14.4. The zero-order valence-electron chi connectivity index (χ0n) is 14.4. The van der Waals surface area contributed by atoms with E-state index in [1.807, 2.05) is 0 Å². The number of fused-ring (bicyclic) bond motifs is 3. The molecule has 0 bridgehead atoms. The number of hydrogen-bond donors (Lipinski definition) is 0. The van der Waals surface area contributed by atoms with E-state index in [-0.39, 0.29) is 0 Å². The molecule has 0 spiro atoms. The average molecular weight is 319 g/mol. The predicted molar refractivity (Wildman–Crippen MR) is 99.9 cm³/mol. The van der Waals surface area contributed by atoms with Gasteiger partial charge < -0.3 is 9.80 Å². The van der Waals surface area contributed by atoms with Gasteiger partial charge in [0.05, 0.1) is 11.4 Å². The quantitative estimate of drug-likeness (QED) is 0.841. The molecule has 124 valence electrons. The molecule has 1 saturated heterocycles. The summed E-state index contributed by atoms with van der Waals surface area (Å²) in [5, 5.41) is 0. The molecule has 0 unspecified atom stereocenters. The van der Waals surface area contributed by atoms with Gasteiger partial charge in [-0.15, -0.1) is 0 Å². The number of anilines is 2. The van der Waals surface area contributed by atoms with Gasteiger partial charge in [0, 0.05) is 51.7 Å². The van der Waals surface area contributed by atoms with Crippen LogP contribution in [0.4, 0.5) is 11.4 Å². The van der Waals surface area contributed by atoms with Gasteiger partial charge in [-0.25, -0.2) is 0 Å². The van der Waals surface area contributed by atoms with Crippen LogP contribution in [0, 0.1) is 0 Å². The van der Waals surface area contributed by atoms with Crippen LogP contribution in [0.15, 0.2) is 48.5 Å². The van der Waals surface area contributed by atoms with Gasteiger partial charge >= 0.3 is 0 Å². The van der Waals surface area contributed by atoms with E-state index in [2.05, 4.69) is 70.3 Å². The maximum Gasteiger partial charge on any atom is 0.0644 e. The Labute approximate surface area is 144 Å². The standard InChI is InChI=1S/C21H25N3/c1-22-12-13-24-19-10-11-23(14-16-6-3-2-4-7-16)15-18(19)17-8-5-9-20(22)21(17)24/h2-9,18-19H,10-15H2,1H3/t18-,19-/m0/s1. The summed E-state index contributed by atoms with van der Waals surface area (Å²) in [5.41, 5.74) is 5.98. The monoisotopic (exact) mass is 319 g/mol. The first-order valence-electron chi connectivity index (χ1n) is 9.18. The molecule has 3 heterocycles. The maximum atomic E-state index is 2.72. The topological polar surface area (TPSA) is 9.72 Å². The molecule has 24 heavy (non-hydrogen) atoms. The van der Waals surface area contributed by atoms with Crippen molar-refractivity contribution in [1.82, 2.24) is 4.90 Å². The van der Waals surface area contributed by atoms with E-state index in [0.717, 1.165) is 13.1 Å². The highest BCUT2D eigenvalue weighted by Crippen LogP contribution is 2.50. The summed E-state index contributed by atoms with van der Waals surface area (Å²) in [6.07, 6.45) is 1.29. The van der Waals surface area contributed by atoms with E-state index in [1.165, 1.54) is 43.0 Å². The molecule has 3 aliphatic heterocycles. The van der Waals surface area contributed by atoms with E-state index in [0.29, 0.717) is 12.0 Å². The fourth-order valence-corrected chi connectivity index (χ4v) is 4.96. The molecule has 3 aliphatic rings. The molecule has 5 rings (SSSR count). The molecule has 2 atom stereocenters. The van der Waals surface area contributed by atoms with Crippen molar-refractivity contribution in [2.24, 2.45) is 0 Å². The van der Waals surface area contributed by atoms with Crippen molar-refractivity contribution in [2.75, 3.05) is 43.0 Å². The van der Waals surface area contributed by atoms with Crippen LogP contribution in [0.3, 0.4) is 0 Å². The first kappa shape index (κ1) is 14.4. The van der Waals surface area contributed by atoms with Gasteiger partial charge in [-0.1, -0.05) is 42.5 Å². The largest absolute Gasteiger partial charge is 0.371 e. The van der Waals surface area contributed by atoms with E-state index < -0.39 is 0 Å². The summed E-state index contributed by atoms with van der Waals surface area (Å²) in [6.45, 7) is 5.81. The molecular formula is C21H25N3. The van der Waals surface area contributed by atoms with Gasteiger partial charge in [0.25, 0.3) is 0 Å². The van der Waals surface area contributed by atoms with Gasteiger partial charge in [0.15, 0.2) is 0 Å². The van der Waals surface area contributed by atoms with Crippen LogP contribution in [-0.4, -0.2) is 44.2 Å². The van der Waals surface area contributed by atoms with Gasteiger partial charge in [0.1, 0.15) is 0 Å². The third-order valence-corrected chi connectivity index (χ3v) is 6.13. The Bertz CT molecular complexity index is 742. The highest BCUT2D eigenvalue weighted by atomic mass is 15.3. The molecule has 0 radical (unpaired) electrons. The minimum Gasteiger partial charge on any atom is -0.371 e. The highest BCUT2D eigenvalue weighted by Gasteiger charge is 2.44. The lowest BCUT2D eigenvalue weighted by Crippen LogP contribution is -2.49. The van der Waals surface area contributed by atoms with Gasteiger partial charge in [0.2, 0.25) is 0 Å². The third kappa shape index (κ3) is 2.15. The lowest BCUT2D eigenvalue weighted by molar-refractivity contribution is 0.186.